The molecule has 2 aromatic heterocycles. The first-order chi connectivity index (χ1) is 24.4. The Hall–Kier alpha value is -4.84. The van der Waals surface area contributed by atoms with Crippen molar-refractivity contribution >= 4 is 34.6 Å². The summed E-state index contributed by atoms with van der Waals surface area (Å²) in [6, 6.07) is 6.11. The molecule has 1 saturated carbocycles. The largest absolute Gasteiger partial charge is 0.465 e. The number of anilines is 2. The van der Waals surface area contributed by atoms with Gasteiger partial charge in [0.05, 0.1) is 53.7 Å². The molecule has 272 valence electrons. The van der Waals surface area contributed by atoms with Crippen molar-refractivity contribution in [2.75, 3.05) is 49.2 Å². The number of hydrogen-bond donors (Lipinski definition) is 2. The summed E-state index contributed by atoms with van der Waals surface area (Å²) in [5, 5.41) is 28.1. The Bertz CT molecular complexity index is 1840. The van der Waals surface area contributed by atoms with Crippen LogP contribution < -0.4 is 19.9 Å². The lowest BCUT2D eigenvalue weighted by Crippen LogP contribution is -2.55. The molecule has 15 nitrogen and oxygen atoms in total. The molecular weight excluding hydrogens is 654 g/mol. The van der Waals surface area contributed by atoms with E-state index in [2.05, 4.69) is 40.2 Å². The highest BCUT2D eigenvalue weighted by Gasteiger charge is 2.46. The van der Waals surface area contributed by atoms with E-state index in [1.54, 1.807) is 0 Å². The van der Waals surface area contributed by atoms with E-state index in [4.69, 9.17) is 29.3 Å². The van der Waals surface area contributed by atoms with Crippen molar-refractivity contribution in [3.8, 4) is 12.1 Å². The minimum absolute atomic E-state index is 0.0742. The summed E-state index contributed by atoms with van der Waals surface area (Å²) in [7, 11) is 0. The Morgan fingerprint density at radius 1 is 1.16 bits per heavy atom. The number of fused-ring (bicyclic) bond motifs is 2. The normalized spacial score (nSPS) is 21.5. The highest BCUT2D eigenvalue weighted by atomic mass is 16.6. The van der Waals surface area contributed by atoms with Crippen LogP contribution in [0.2, 0.25) is 0 Å². The number of rotatable bonds is 8. The molecule has 3 fully saturated rings. The SMILES string of the molecule is Cc1ccc2c(cnn2C2CCCCO2)c1N1CCc2c(nc(OCC3(NC(=O)OC(C)(C)C)CC3)nc2N2CCN(C(=O)O)C(CC#N)C2)C1. The topological polar surface area (TPSA) is 171 Å². The van der Waals surface area contributed by atoms with E-state index in [1.807, 2.05) is 31.6 Å². The van der Waals surface area contributed by atoms with Crippen LogP contribution >= 0.6 is 0 Å². The minimum Gasteiger partial charge on any atom is -0.465 e. The van der Waals surface area contributed by atoms with Gasteiger partial charge in [0.2, 0.25) is 0 Å². The van der Waals surface area contributed by atoms with Gasteiger partial charge in [-0.1, -0.05) is 6.07 Å². The highest BCUT2D eigenvalue weighted by molar-refractivity contribution is 5.94. The number of hydrogen-bond acceptors (Lipinski definition) is 11. The summed E-state index contributed by atoms with van der Waals surface area (Å²) in [5.41, 5.74) is 3.90. The molecule has 1 aromatic carbocycles. The van der Waals surface area contributed by atoms with Gasteiger partial charge in [0.15, 0.2) is 6.23 Å². The van der Waals surface area contributed by atoms with Crippen LogP contribution in [0.15, 0.2) is 18.3 Å². The van der Waals surface area contributed by atoms with Crippen molar-refractivity contribution in [3.05, 3.63) is 35.2 Å². The summed E-state index contributed by atoms with van der Waals surface area (Å²) in [6.45, 7) is 10.7. The second-order valence-corrected chi connectivity index (χ2v) is 15.1. The van der Waals surface area contributed by atoms with E-state index < -0.39 is 29.4 Å². The molecule has 5 heterocycles. The fourth-order valence-corrected chi connectivity index (χ4v) is 7.45. The van der Waals surface area contributed by atoms with Crippen molar-refractivity contribution in [3.63, 3.8) is 0 Å². The van der Waals surface area contributed by atoms with Crippen LogP contribution in [0, 0.1) is 18.3 Å². The second kappa shape index (κ2) is 13.7. The molecule has 2 N–H and O–H groups in total. The number of aromatic nitrogens is 4. The molecule has 4 aliphatic rings. The molecule has 3 aliphatic heterocycles. The van der Waals surface area contributed by atoms with E-state index >= 15 is 0 Å². The standard InChI is InChI=1S/C36H47N9O6/c1-23-8-9-28-26(19-38-45(28)29-7-5-6-18-49-29)30(23)42-15-11-25-27(21-42)39-32(50-22-36(12-13-36)41-33(46)51-35(2,3)4)40-31(25)43-16-17-44(34(47)48)24(20-43)10-14-37/h8-9,19,24,29H,5-7,10-13,15-18,20-22H2,1-4H3,(H,41,46)(H,47,48). The Kier molecular flexibility index (Phi) is 9.30. The first kappa shape index (κ1) is 34.6. The summed E-state index contributed by atoms with van der Waals surface area (Å²) < 4.78 is 19.9. The fourth-order valence-electron chi connectivity index (χ4n) is 7.45. The van der Waals surface area contributed by atoms with Crippen LogP contribution in [-0.2, 0) is 22.4 Å². The van der Waals surface area contributed by atoms with Gasteiger partial charge < -0.3 is 39.3 Å². The number of carbonyl (C=O) groups is 2. The van der Waals surface area contributed by atoms with Gasteiger partial charge in [-0.25, -0.2) is 14.3 Å². The lowest BCUT2D eigenvalue weighted by Gasteiger charge is -2.41. The molecule has 2 saturated heterocycles. The zero-order valence-corrected chi connectivity index (χ0v) is 29.9. The lowest BCUT2D eigenvalue weighted by atomic mass is 10.0. The smallest absolute Gasteiger partial charge is 0.408 e. The van der Waals surface area contributed by atoms with Crippen molar-refractivity contribution < 1.29 is 28.9 Å². The predicted octanol–water partition coefficient (Wildman–Crippen LogP) is 4.91. The Morgan fingerprint density at radius 2 is 1.98 bits per heavy atom. The van der Waals surface area contributed by atoms with E-state index in [0.29, 0.717) is 38.4 Å². The van der Waals surface area contributed by atoms with Gasteiger partial charge in [0.1, 0.15) is 18.0 Å². The number of carboxylic acid groups (broad SMARTS) is 1. The summed E-state index contributed by atoms with van der Waals surface area (Å²) >= 11 is 0. The summed E-state index contributed by atoms with van der Waals surface area (Å²) in [5.74, 6) is 0.699. The summed E-state index contributed by atoms with van der Waals surface area (Å²) in [6.07, 6.45) is 5.68. The third-order valence-electron chi connectivity index (χ3n) is 10.2. The van der Waals surface area contributed by atoms with Gasteiger partial charge in [-0.2, -0.15) is 20.3 Å². The average Bonchev–Trinajstić information content (AvgIpc) is 3.72. The quantitative estimate of drug-likeness (QED) is 0.326. The van der Waals surface area contributed by atoms with Crippen molar-refractivity contribution in [2.24, 2.45) is 0 Å². The number of nitrogens with one attached hydrogen (secondary N) is 1. The van der Waals surface area contributed by atoms with Crippen LogP contribution in [0.25, 0.3) is 10.9 Å². The zero-order valence-electron chi connectivity index (χ0n) is 29.9. The van der Waals surface area contributed by atoms with Crippen LogP contribution in [0.3, 0.4) is 0 Å². The molecule has 2 atom stereocenters. The molecule has 3 aromatic rings. The van der Waals surface area contributed by atoms with Crippen molar-refractivity contribution in [2.45, 2.75) is 103 Å². The maximum atomic E-state index is 12.6. The van der Waals surface area contributed by atoms with Crippen LogP contribution in [0.5, 0.6) is 6.01 Å². The van der Waals surface area contributed by atoms with Crippen LogP contribution in [-0.4, -0.2) is 98.5 Å². The van der Waals surface area contributed by atoms with Gasteiger partial charge in [-0.05, 0) is 77.8 Å². The van der Waals surface area contributed by atoms with E-state index in [1.165, 1.54) is 4.90 Å². The number of amides is 2. The number of alkyl carbamates (subject to hydrolysis) is 1. The first-order valence-electron chi connectivity index (χ1n) is 17.9. The maximum Gasteiger partial charge on any atom is 0.408 e. The zero-order chi connectivity index (χ0) is 35.9. The number of piperazine rings is 1. The Labute approximate surface area is 297 Å². The molecule has 0 bridgehead atoms. The van der Waals surface area contributed by atoms with Gasteiger partial charge in [0.25, 0.3) is 0 Å². The number of aryl methyl sites for hydroxylation is 1. The third-order valence-corrected chi connectivity index (χ3v) is 10.2. The monoisotopic (exact) mass is 701 g/mol. The average molecular weight is 702 g/mol. The number of nitriles is 1. The van der Waals surface area contributed by atoms with Crippen molar-refractivity contribution in [1.82, 2.24) is 30.0 Å². The lowest BCUT2D eigenvalue weighted by molar-refractivity contribution is -0.0366. The molecule has 1 aliphatic carbocycles. The summed E-state index contributed by atoms with van der Waals surface area (Å²) in [4.78, 5) is 40.2. The Balaban J connectivity index is 1.19. The highest BCUT2D eigenvalue weighted by Crippen LogP contribution is 2.39. The third kappa shape index (κ3) is 7.33. The van der Waals surface area contributed by atoms with Crippen LogP contribution in [0.4, 0.5) is 21.1 Å². The number of nitrogens with zero attached hydrogens (tertiary/aromatic N) is 8. The number of benzene rings is 1. The fraction of sp³-hybridized carbons (Fsp3) is 0.611. The van der Waals surface area contributed by atoms with E-state index in [9.17, 15) is 20.0 Å². The molecule has 2 unspecified atom stereocenters. The molecule has 7 rings (SSSR count). The molecule has 2 amide bonds. The van der Waals surface area contributed by atoms with Gasteiger partial charge >= 0.3 is 18.2 Å². The molecule has 51 heavy (non-hydrogen) atoms. The van der Waals surface area contributed by atoms with Gasteiger partial charge in [-0.15, -0.1) is 0 Å². The Morgan fingerprint density at radius 3 is 2.69 bits per heavy atom. The van der Waals surface area contributed by atoms with E-state index in [-0.39, 0.29) is 31.8 Å². The second-order valence-electron chi connectivity index (χ2n) is 15.1. The first-order valence-corrected chi connectivity index (χ1v) is 17.9. The van der Waals surface area contributed by atoms with E-state index in [0.717, 1.165) is 72.1 Å². The predicted molar refractivity (Wildman–Crippen MR) is 188 cm³/mol. The van der Waals surface area contributed by atoms with Gasteiger partial charge in [0, 0.05) is 43.7 Å². The number of carbonyl (C=O) groups excluding carboxylic acids is 1. The minimum atomic E-state index is -1.03. The van der Waals surface area contributed by atoms with Crippen LogP contribution in [0.1, 0.15) is 82.3 Å². The molecular formula is C36H47N9O6. The maximum absolute atomic E-state index is 12.6. The van der Waals surface area contributed by atoms with Gasteiger partial charge in [-0.3, -0.25) is 0 Å². The molecule has 0 radical (unpaired) electrons. The van der Waals surface area contributed by atoms with Crippen molar-refractivity contribution in [1.29, 1.82) is 5.26 Å². The molecule has 15 heteroatoms. The molecule has 0 spiro atoms. The number of ether oxygens (including phenoxy) is 3.